The molecule has 0 aliphatic carbocycles. The number of aliphatic carboxylic acids is 1. The van der Waals surface area contributed by atoms with Crippen LogP contribution in [0.15, 0.2) is 36.5 Å². The summed E-state index contributed by atoms with van der Waals surface area (Å²) in [6.07, 6.45) is 9.29. The van der Waals surface area contributed by atoms with Gasteiger partial charge in [0.2, 0.25) is 40.1 Å². The Bertz CT molecular complexity index is 1710. The van der Waals surface area contributed by atoms with Crippen molar-refractivity contribution in [1.82, 2.24) is 23.5 Å². The van der Waals surface area contributed by atoms with Crippen molar-refractivity contribution in [3.63, 3.8) is 0 Å². The van der Waals surface area contributed by atoms with Gasteiger partial charge < -0.3 is 14.6 Å². The summed E-state index contributed by atoms with van der Waals surface area (Å²) in [4.78, 5) is 43.2. The molecular weight excluding hydrogens is 815 g/mol. The van der Waals surface area contributed by atoms with Gasteiger partial charge in [0.15, 0.2) is 0 Å². The van der Waals surface area contributed by atoms with E-state index in [2.05, 4.69) is 18.9 Å². The number of hydrogen-bond acceptors (Lipinski definition) is 15. The maximum absolute atomic E-state index is 11.6. The van der Waals surface area contributed by atoms with E-state index in [-0.39, 0.29) is 23.0 Å². The number of carbonyl (C=O) groups excluding carboxylic acids is 3. The summed E-state index contributed by atoms with van der Waals surface area (Å²) >= 11 is 0. The molecule has 0 spiro atoms. The lowest BCUT2D eigenvalue weighted by Gasteiger charge is -2.21. The number of hydroxylamine groups is 1. The smallest absolute Gasteiger partial charge is 0.323 e. The van der Waals surface area contributed by atoms with Crippen molar-refractivity contribution in [3.05, 3.63) is 36.5 Å². The number of hydrogen-bond donors (Lipinski definition) is 5. The lowest BCUT2D eigenvalue weighted by molar-refractivity contribution is -0.142. The summed E-state index contributed by atoms with van der Waals surface area (Å²) < 4.78 is 105. The number of rotatable bonds is 19. The number of allylic oxidation sites excluding steroid dienone is 3. The molecule has 4 unspecified atom stereocenters. The van der Waals surface area contributed by atoms with E-state index in [1.54, 1.807) is 39.0 Å². The molecule has 5 N–H and O–H groups in total. The molecule has 0 aromatic rings. The predicted molar refractivity (Wildman–Crippen MR) is 207 cm³/mol. The molecule has 0 aliphatic rings. The number of amides is 1. The van der Waals surface area contributed by atoms with Crippen LogP contribution in [-0.2, 0) is 68.7 Å². The first kappa shape index (κ1) is 58.4. The Kier molecular flexibility index (Phi) is 30.8. The van der Waals surface area contributed by atoms with Gasteiger partial charge >= 0.3 is 17.9 Å². The summed E-state index contributed by atoms with van der Waals surface area (Å²) in [6, 6.07) is -3.65. The molecule has 324 valence electrons. The SMILES string of the molecule is C/C=C/CS(=O)(=O)N(C)C(C)C(=O)NO.C/C=C/CS(=O)(=O)N(C)C(C)C(=O)O.C/C=C/CS(=O)(=O)NC(C)C(=O)OC.CCS(=O)(=O)NC(C)C(=O)OC. The summed E-state index contributed by atoms with van der Waals surface area (Å²) in [5.74, 6) is -3.63. The molecule has 0 rings (SSSR count). The minimum absolute atomic E-state index is 0.0473. The first-order valence-corrected chi connectivity index (χ1v) is 22.6. The van der Waals surface area contributed by atoms with Gasteiger partial charge in [-0.1, -0.05) is 36.5 Å². The fraction of sp³-hybridized carbons (Fsp3) is 0.667. The van der Waals surface area contributed by atoms with Gasteiger partial charge in [0.25, 0.3) is 5.91 Å². The molecule has 0 fully saturated rings. The van der Waals surface area contributed by atoms with Crippen molar-refractivity contribution in [2.45, 2.75) is 79.6 Å². The summed E-state index contributed by atoms with van der Waals surface area (Å²) in [5, 5.41) is 17.0. The van der Waals surface area contributed by atoms with Gasteiger partial charge in [-0.3, -0.25) is 24.4 Å². The van der Waals surface area contributed by atoms with Crippen molar-refractivity contribution in [3.8, 4) is 0 Å². The molecule has 55 heavy (non-hydrogen) atoms. The van der Waals surface area contributed by atoms with Crippen LogP contribution in [0, 0.1) is 0 Å². The van der Waals surface area contributed by atoms with Crippen molar-refractivity contribution < 1.29 is 72.6 Å². The van der Waals surface area contributed by atoms with Gasteiger partial charge in [0.05, 0.1) is 37.2 Å². The van der Waals surface area contributed by atoms with Gasteiger partial charge in [0.1, 0.15) is 24.2 Å². The molecule has 0 aromatic heterocycles. The zero-order chi connectivity index (χ0) is 44.4. The van der Waals surface area contributed by atoms with Crippen LogP contribution in [0.2, 0.25) is 0 Å². The predicted octanol–water partition coefficient (Wildman–Crippen LogP) is -0.454. The number of methoxy groups -OCH3 is 2. The van der Waals surface area contributed by atoms with E-state index < -0.39 is 88.1 Å². The summed E-state index contributed by atoms with van der Waals surface area (Å²) in [7, 11) is -8.80. The van der Waals surface area contributed by atoms with Gasteiger partial charge in [-0.15, -0.1) is 0 Å². The Balaban J connectivity index is -0.000000316. The van der Waals surface area contributed by atoms with E-state index in [1.165, 1.54) is 86.6 Å². The van der Waals surface area contributed by atoms with Crippen molar-refractivity contribution in [2.75, 3.05) is 51.3 Å². The summed E-state index contributed by atoms with van der Waals surface area (Å²) in [5.41, 5.74) is 1.41. The zero-order valence-corrected chi connectivity index (χ0v) is 36.5. The highest BCUT2D eigenvalue weighted by Gasteiger charge is 2.28. The number of sulfonamides is 4. The second-order valence-electron chi connectivity index (χ2n) is 10.9. The molecule has 0 bridgehead atoms. The van der Waals surface area contributed by atoms with Crippen molar-refractivity contribution in [1.29, 1.82) is 0 Å². The topological polar surface area (TPSA) is 306 Å². The van der Waals surface area contributed by atoms with E-state index >= 15 is 0 Å². The van der Waals surface area contributed by atoms with Crippen LogP contribution in [0.3, 0.4) is 0 Å². The lowest BCUT2D eigenvalue weighted by atomic mass is 10.3. The molecule has 21 nitrogen and oxygen atoms in total. The third kappa shape index (κ3) is 27.0. The maximum Gasteiger partial charge on any atom is 0.323 e. The molecule has 25 heteroatoms. The zero-order valence-electron chi connectivity index (χ0n) is 33.2. The Labute approximate surface area is 326 Å². The average molecular weight is 874 g/mol. The number of likely N-dealkylation sites (N-methyl/N-ethyl adjacent to an activating group) is 2. The Hall–Kier alpha value is -3.30. The molecule has 0 aliphatic heterocycles. The highest BCUT2D eigenvalue weighted by molar-refractivity contribution is 7.90. The quantitative estimate of drug-likeness (QED) is 0.0475. The lowest BCUT2D eigenvalue weighted by Crippen LogP contribution is -2.45. The second kappa shape index (κ2) is 29.0. The monoisotopic (exact) mass is 873 g/mol. The maximum atomic E-state index is 11.6. The number of carbonyl (C=O) groups is 4. The van der Waals surface area contributed by atoms with Crippen molar-refractivity contribution in [2.24, 2.45) is 0 Å². The molecular formula is C30H59N5O16S4. The van der Waals surface area contributed by atoms with Crippen LogP contribution in [0.5, 0.6) is 0 Å². The highest BCUT2D eigenvalue weighted by Crippen LogP contribution is 2.06. The van der Waals surface area contributed by atoms with Gasteiger partial charge in [-0.2, -0.15) is 8.61 Å². The molecule has 0 aromatic carbocycles. The van der Waals surface area contributed by atoms with Crippen LogP contribution in [-0.4, -0.2) is 152 Å². The fourth-order valence-electron chi connectivity index (χ4n) is 2.91. The van der Waals surface area contributed by atoms with Gasteiger partial charge in [-0.25, -0.2) is 48.6 Å². The normalized spacial score (nSPS) is 14.4. The highest BCUT2D eigenvalue weighted by atomic mass is 32.2. The molecule has 0 saturated carbocycles. The number of carboxylic acid groups (broad SMARTS) is 1. The van der Waals surface area contributed by atoms with E-state index in [9.17, 15) is 52.8 Å². The number of nitrogens with zero attached hydrogens (tertiary/aromatic N) is 2. The third-order valence-corrected chi connectivity index (χ3v) is 13.1. The third-order valence-electron chi connectivity index (χ3n) is 6.65. The van der Waals surface area contributed by atoms with Gasteiger partial charge in [0, 0.05) is 14.1 Å². The van der Waals surface area contributed by atoms with E-state index in [0.717, 1.165) is 8.61 Å². The first-order chi connectivity index (χ1) is 25.0. The Morgan fingerprint density at radius 2 is 0.964 bits per heavy atom. The number of ether oxygens (including phenoxy) is 2. The standard InChI is InChI=1S/C8H16N2O4S.2C8H15NO4S.C6H13NO4S/c1-4-5-6-15(13,14)10(3)7(2)8(11)9-12;1-4-5-6-14(11,12)9-7(2)8(10)13-3;1-4-5-6-14(12,13)9(3)7(2)8(10)11;1-4-12(9,10)7-5(2)6(8)11-3/h4-5,7,12H,6H2,1-3H3,(H,9,11);4-5,7,9H,6H2,1-3H3;4-5,7H,6H2,1-3H3,(H,10,11);5,7H,4H2,1-3H3/b3*5-4+;. The van der Waals surface area contributed by atoms with Crippen LogP contribution < -0.4 is 14.9 Å². The number of carboxylic acids is 1. The van der Waals surface area contributed by atoms with Crippen molar-refractivity contribution >= 4 is 63.9 Å². The average Bonchev–Trinajstić information content (AvgIpc) is 3.13. The Morgan fingerprint density at radius 3 is 1.25 bits per heavy atom. The van der Waals surface area contributed by atoms with Gasteiger partial charge in [-0.05, 0) is 55.4 Å². The molecule has 0 heterocycles. The number of esters is 2. The molecule has 0 saturated heterocycles. The summed E-state index contributed by atoms with van der Waals surface area (Å²) in [6.45, 7) is 12.2. The van der Waals surface area contributed by atoms with E-state index in [1.807, 2.05) is 0 Å². The minimum Gasteiger partial charge on any atom is -0.480 e. The molecule has 0 radical (unpaired) electrons. The van der Waals surface area contributed by atoms with Crippen LogP contribution >= 0.6 is 0 Å². The largest absolute Gasteiger partial charge is 0.480 e. The van der Waals surface area contributed by atoms with Crippen LogP contribution in [0.4, 0.5) is 0 Å². The molecule has 1 amide bonds. The van der Waals surface area contributed by atoms with E-state index in [4.69, 9.17) is 10.3 Å². The van der Waals surface area contributed by atoms with Crippen LogP contribution in [0.25, 0.3) is 0 Å². The van der Waals surface area contributed by atoms with Crippen LogP contribution in [0.1, 0.15) is 55.4 Å². The fourth-order valence-corrected chi connectivity index (χ4v) is 7.38. The molecule has 4 atom stereocenters. The number of nitrogens with one attached hydrogen (secondary N) is 3. The first-order valence-electron chi connectivity index (χ1n) is 16.1. The minimum atomic E-state index is -3.50. The Morgan fingerprint density at radius 1 is 0.636 bits per heavy atom. The van der Waals surface area contributed by atoms with E-state index in [0.29, 0.717) is 0 Å². The second-order valence-corrected chi connectivity index (χ2v) is 18.9.